The van der Waals surface area contributed by atoms with Gasteiger partial charge in [-0.15, -0.1) is 0 Å². The lowest BCUT2D eigenvalue weighted by Crippen LogP contribution is -2.05. The molecule has 0 saturated heterocycles. The van der Waals surface area contributed by atoms with Crippen LogP contribution in [0.5, 0.6) is 0 Å². The predicted molar refractivity (Wildman–Crippen MR) is 67.8 cm³/mol. The van der Waals surface area contributed by atoms with Crippen LogP contribution in [0.4, 0.5) is 18.9 Å². The van der Waals surface area contributed by atoms with Gasteiger partial charge < -0.3 is 14.8 Å². The standard InChI is InChI=1S/C13H10F3N3O/c1-19-10-4-2-3-8(13(14,15)16)7(10)5-11(19)12-9(17)6-18-20-12/h2-6H,17H2,1H3. The molecule has 20 heavy (non-hydrogen) atoms. The molecule has 0 radical (unpaired) electrons. The topological polar surface area (TPSA) is 57.0 Å². The molecular weight excluding hydrogens is 271 g/mol. The van der Waals surface area contributed by atoms with Gasteiger partial charge in [-0.1, -0.05) is 11.2 Å². The summed E-state index contributed by atoms with van der Waals surface area (Å²) in [4.78, 5) is 0. The highest BCUT2D eigenvalue weighted by molar-refractivity contribution is 5.90. The van der Waals surface area contributed by atoms with Crippen molar-refractivity contribution in [1.82, 2.24) is 9.72 Å². The van der Waals surface area contributed by atoms with Crippen molar-refractivity contribution in [2.24, 2.45) is 7.05 Å². The van der Waals surface area contributed by atoms with Crippen LogP contribution in [0.25, 0.3) is 22.4 Å². The van der Waals surface area contributed by atoms with E-state index in [0.29, 0.717) is 11.2 Å². The molecule has 2 N–H and O–H groups in total. The van der Waals surface area contributed by atoms with E-state index in [0.717, 1.165) is 6.07 Å². The summed E-state index contributed by atoms with van der Waals surface area (Å²) < 4.78 is 45.6. The van der Waals surface area contributed by atoms with Gasteiger partial charge in [-0.25, -0.2) is 0 Å². The first-order valence-corrected chi connectivity index (χ1v) is 5.75. The van der Waals surface area contributed by atoms with Crippen LogP contribution in [-0.2, 0) is 13.2 Å². The molecule has 2 heterocycles. The number of halogens is 3. The van der Waals surface area contributed by atoms with Crippen LogP contribution >= 0.6 is 0 Å². The average molecular weight is 281 g/mol. The molecule has 0 bridgehead atoms. The number of nitrogens with zero attached hydrogens (tertiary/aromatic N) is 2. The van der Waals surface area contributed by atoms with Gasteiger partial charge in [0.25, 0.3) is 0 Å². The summed E-state index contributed by atoms with van der Waals surface area (Å²) >= 11 is 0. The lowest BCUT2D eigenvalue weighted by Gasteiger charge is -2.07. The van der Waals surface area contributed by atoms with Gasteiger partial charge in [0.15, 0.2) is 0 Å². The summed E-state index contributed by atoms with van der Waals surface area (Å²) in [6, 6.07) is 5.45. The maximum atomic E-state index is 13.0. The first-order valence-electron chi connectivity index (χ1n) is 5.75. The molecule has 0 fully saturated rings. The van der Waals surface area contributed by atoms with Crippen molar-refractivity contribution in [2.45, 2.75) is 6.18 Å². The molecule has 104 valence electrons. The van der Waals surface area contributed by atoms with Crippen LogP contribution in [0.1, 0.15) is 5.56 Å². The average Bonchev–Trinajstić information content (AvgIpc) is 2.92. The molecule has 0 aliphatic heterocycles. The van der Waals surface area contributed by atoms with E-state index in [2.05, 4.69) is 5.16 Å². The lowest BCUT2D eigenvalue weighted by molar-refractivity contribution is -0.136. The molecule has 1 aromatic carbocycles. The Bertz CT molecular complexity index is 786. The maximum absolute atomic E-state index is 13.0. The van der Waals surface area contributed by atoms with Gasteiger partial charge >= 0.3 is 6.18 Å². The number of aromatic nitrogens is 2. The largest absolute Gasteiger partial charge is 0.417 e. The van der Waals surface area contributed by atoms with Crippen molar-refractivity contribution in [1.29, 1.82) is 0 Å². The summed E-state index contributed by atoms with van der Waals surface area (Å²) in [6.07, 6.45) is -3.09. The Morgan fingerprint density at radius 2 is 2.05 bits per heavy atom. The molecule has 7 heteroatoms. The van der Waals surface area contributed by atoms with E-state index in [1.807, 2.05) is 0 Å². The van der Waals surface area contributed by atoms with Crippen LogP contribution < -0.4 is 5.73 Å². The first kappa shape index (κ1) is 12.6. The SMILES string of the molecule is Cn1c(-c2oncc2N)cc2c(C(F)(F)F)cccc21. The van der Waals surface area contributed by atoms with E-state index in [-0.39, 0.29) is 16.8 Å². The molecule has 3 rings (SSSR count). The minimum atomic E-state index is -4.41. The molecule has 0 aliphatic rings. The van der Waals surface area contributed by atoms with Crippen LogP contribution in [0.3, 0.4) is 0 Å². The number of aryl methyl sites for hydroxylation is 1. The summed E-state index contributed by atoms with van der Waals surface area (Å²) in [5.41, 5.74) is 6.19. The van der Waals surface area contributed by atoms with Gasteiger partial charge in [0.1, 0.15) is 5.69 Å². The van der Waals surface area contributed by atoms with E-state index in [1.54, 1.807) is 17.7 Å². The second kappa shape index (κ2) is 4.03. The Kier molecular flexibility index (Phi) is 2.53. The molecule has 2 aromatic heterocycles. The fourth-order valence-corrected chi connectivity index (χ4v) is 2.27. The Hall–Kier alpha value is -2.44. The second-order valence-electron chi connectivity index (χ2n) is 4.43. The van der Waals surface area contributed by atoms with E-state index < -0.39 is 11.7 Å². The molecule has 0 atom stereocenters. The smallest absolute Gasteiger partial charge is 0.394 e. The van der Waals surface area contributed by atoms with E-state index in [1.165, 1.54) is 18.3 Å². The quantitative estimate of drug-likeness (QED) is 0.743. The number of hydrogen-bond acceptors (Lipinski definition) is 3. The highest BCUT2D eigenvalue weighted by atomic mass is 19.4. The minimum Gasteiger partial charge on any atom is -0.394 e. The van der Waals surface area contributed by atoms with Crippen LogP contribution in [0, 0.1) is 0 Å². The Morgan fingerprint density at radius 1 is 1.30 bits per heavy atom. The Labute approximate surface area is 111 Å². The van der Waals surface area contributed by atoms with Gasteiger partial charge in [0.2, 0.25) is 5.76 Å². The first-order chi connectivity index (χ1) is 9.39. The lowest BCUT2D eigenvalue weighted by atomic mass is 10.1. The number of fused-ring (bicyclic) bond motifs is 1. The number of benzene rings is 1. The highest BCUT2D eigenvalue weighted by Crippen LogP contribution is 2.38. The molecule has 3 aromatic rings. The summed E-state index contributed by atoms with van der Waals surface area (Å²) in [5, 5.41) is 3.65. The van der Waals surface area contributed by atoms with Crippen LogP contribution in [0.2, 0.25) is 0 Å². The highest BCUT2D eigenvalue weighted by Gasteiger charge is 2.33. The zero-order valence-electron chi connectivity index (χ0n) is 10.4. The summed E-state index contributed by atoms with van der Waals surface area (Å²) in [7, 11) is 1.65. The van der Waals surface area contributed by atoms with E-state index in [9.17, 15) is 13.2 Å². The van der Waals surface area contributed by atoms with Gasteiger partial charge in [0, 0.05) is 18.0 Å². The third kappa shape index (κ3) is 1.74. The van der Waals surface area contributed by atoms with Gasteiger partial charge in [-0.2, -0.15) is 13.2 Å². The number of rotatable bonds is 1. The number of anilines is 1. The summed E-state index contributed by atoms with van der Waals surface area (Å²) in [5.74, 6) is 0.261. The molecule has 0 aliphatic carbocycles. The molecule has 0 saturated carbocycles. The number of alkyl halides is 3. The zero-order chi connectivity index (χ0) is 14.5. The monoisotopic (exact) mass is 281 g/mol. The third-order valence-electron chi connectivity index (χ3n) is 3.22. The third-order valence-corrected chi connectivity index (χ3v) is 3.22. The normalized spacial score (nSPS) is 12.2. The summed E-state index contributed by atoms with van der Waals surface area (Å²) in [6.45, 7) is 0. The second-order valence-corrected chi connectivity index (χ2v) is 4.43. The van der Waals surface area contributed by atoms with Crippen LogP contribution in [0.15, 0.2) is 35.0 Å². The van der Waals surface area contributed by atoms with Crippen molar-refractivity contribution in [3.8, 4) is 11.5 Å². The van der Waals surface area contributed by atoms with Crippen molar-refractivity contribution < 1.29 is 17.7 Å². The number of nitrogen functional groups attached to an aromatic ring is 1. The van der Waals surface area contributed by atoms with E-state index in [4.69, 9.17) is 10.3 Å². The van der Waals surface area contributed by atoms with Gasteiger partial charge in [-0.05, 0) is 18.2 Å². The Balaban J connectivity index is 2.33. The molecule has 4 nitrogen and oxygen atoms in total. The molecule has 0 amide bonds. The predicted octanol–water partition coefficient (Wildman–Crippen LogP) is 3.43. The van der Waals surface area contributed by atoms with Crippen molar-refractivity contribution in [2.75, 3.05) is 5.73 Å². The van der Waals surface area contributed by atoms with Crippen molar-refractivity contribution >= 4 is 16.6 Å². The van der Waals surface area contributed by atoms with Crippen LogP contribution in [-0.4, -0.2) is 9.72 Å². The molecule has 0 unspecified atom stereocenters. The fraction of sp³-hybridized carbons (Fsp3) is 0.154. The minimum absolute atomic E-state index is 0.105. The molecule has 0 spiro atoms. The van der Waals surface area contributed by atoms with E-state index >= 15 is 0 Å². The zero-order valence-corrected chi connectivity index (χ0v) is 10.4. The fourth-order valence-electron chi connectivity index (χ4n) is 2.27. The number of hydrogen-bond donors (Lipinski definition) is 1. The maximum Gasteiger partial charge on any atom is 0.417 e. The molecular formula is C13H10F3N3O. The Morgan fingerprint density at radius 3 is 2.65 bits per heavy atom. The van der Waals surface area contributed by atoms with Gasteiger partial charge in [0.05, 0.1) is 17.5 Å². The van der Waals surface area contributed by atoms with Crippen molar-refractivity contribution in [3.05, 3.63) is 36.0 Å². The van der Waals surface area contributed by atoms with Crippen molar-refractivity contribution in [3.63, 3.8) is 0 Å². The van der Waals surface area contributed by atoms with Gasteiger partial charge in [-0.3, -0.25) is 0 Å². The number of nitrogens with two attached hydrogens (primary N) is 1.